The molecule has 0 N–H and O–H groups in total. The highest BCUT2D eigenvalue weighted by Gasteiger charge is 2.25. The number of amides is 1. The minimum absolute atomic E-state index is 0.0537. The number of pyridine rings is 1. The molecule has 2 heterocycles. The topological polar surface area (TPSA) is 64.0 Å². The molecule has 3 aromatic rings. The van der Waals surface area contributed by atoms with Gasteiger partial charge in [0.05, 0.1) is 25.0 Å². The number of nitrogens with zero attached hydrogens (tertiary/aromatic N) is 3. The standard InChI is InChI=1S/C24H27N3O4/c1-30-16-15-27-17-20(18-7-3-4-8-19(18)23(27)28)24(29)26-13-11-25(12-14-26)21-9-5-6-10-22(21)31-2/h3-10,17H,11-16H2,1-2H3. The molecule has 31 heavy (non-hydrogen) atoms. The van der Waals surface area contributed by atoms with Gasteiger partial charge in [0.2, 0.25) is 0 Å². The first-order valence-electron chi connectivity index (χ1n) is 10.4. The molecule has 162 valence electrons. The van der Waals surface area contributed by atoms with E-state index in [0.29, 0.717) is 55.7 Å². The van der Waals surface area contributed by atoms with Gasteiger partial charge in [0.1, 0.15) is 5.75 Å². The summed E-state index contributed by atoms with van der Waals surface area (Å²) in [6.07, 6.45) is 1.68. The number of benzene rings is 2. The van der Waals surface area contributed by atoms with E-state index < -0.39 is 0 Å². The zero-order chi connectivity index (χ0) is 21.8. The SMILES string of the molecule is COCCn1cc(C(=O)N2CCN(c3ccccc3OC)CC2)c2ccccc2c1=O. The lowest BCUT2D eigenvalue weighted by atomic mass is 10.1. The van der Waals surface area contributed by atoms with Crippen LogP contribution in [-0.4, -0.2) is 62.4 Å². The van der Waals surface area contributed by atoms with E-state index >= 15 is 0 Å². The van der Waals surface area contributed by atoms with E-state index in [1.807, 2.05) is 47.4 Å². The fraction of sp³-hybridized carbons (Fsp3) is 0.333. The Balaban J connectivity index is 1.59. The lowest BCUT2D eigenvalue weighted by Gasteiger charge is -2.36. The molecule has 0 radical (unpaired) electrons. The second kappa shape index (κ2) is 9.22. The Morgan fingerprint density at radius 2 is 1.61 bits per heavy atom. The van der Waals surface area contributed by atoms with Crippen molar-refractivity contribution in [3.05, 3.63) is 70.6 Å². The quantitative estimate of drug-likeness (QED) is 0.612. The summed E-state index contributed by atoms with van der Waals surface area (Å²) in [7, 11) is 3.27. The number of fused-ring (bicyclic) bond motifs is 1. The van der Waals surface area contributed by atoms with E-state index in [1.54, 1.807) is 31.0 Å². The molecule has 0 saturated carbocycles. The Hall–Kier alpha value is -3.32. The predicted octanol–water partition coefficient (Wildman–Crippen LogP) is 2.62. The average molecular weight is 421 g/mol. The van der Waals surface area contributed by atoms with Crippen molar-refractivity contribution < 1.29 is 14.3 Å². The molecule has 1 fully saturated rings. The van der Waals surface area contributed by atoms with Gasteiger partial charge in [0, 0.05) is 56.8 Å². The number of aromatic nitrogens is 1. The van der Waals surface area contributed by atoms with Crippen LogP contribution in [0.4, 0.5) is 5.69 Å². The molecule has 0 aliphatic carbocycles. The lowest BCUT2D eigenvalue weighted by Crippen LogP contribution is -2.49. The van der Waals surface area contributed by atoms with Gasteiger partial charge in [-0.15, -0.1) is 0 Å². The predicted molar refractivity (Wildman–Crippen MR) is 121 cm³/mol. The summed E-state index contributed by atoms with van der Waals surface area (Å²) in [5.74, 6) is 0.778. The van der Waals surface area contributed by atoms with Crippen LogP contribution in [0.25, 0.3) is 10.8 Å². The summed E-state index contributed by atoms with van der Waals surface area (Å²) < 4.78 is 12.2. The largest absolute Gasteiger partial charge is 0.495 e. The van der Waals surface area contributed by atoms with Crippen LogP contribution in [0.5, 0.6) is 5.75 Å². The Morgan fingerprint density at radius 3 is 2.32 bits per heavy atom. The number of para-hydroxylation sites is 2. The van der Waals surface area contributed by atoms with E-state index in [-0.39, 0.29) is 11.5 Å². The van der Waals surface area contributed by atoms with Crippen molar-refractivity contribution >= 4 is 22.4 Å². The van der Waals surface area contributed by atoms with Crippen LogP contribution in [0.1, 0.15) is 10.4 Å². The summed E-state index contributed by atoms with van der Waals surface area (Å²) in [5.41, 5.74) is 1.48. The number of hydrogen-bond acceptors (Lipinski definition) is 5. The fourth-order valence-corrected chi connectivity index (χ4v) is 4.08. The van der Waals surface area contributed by atoms with E-state index in [9.17, 15) is 9.59 Å². The van der Waals surface area contributed by atoms with Crippen molar-refractivity contribution in [1.82, 2.24) is 9.47 Å². The van der Waals surface area contributed by atoms with Gasteiger partial charge in [-0.2, -0.15) is 0 Å². The second-order valence-electron chi connectivity index (χ2n) is 7.53. The minimum Gasteiger partial charge on any atom is -0.495 e. The van der Waals surface area contributed by atoms with Crippen molar-refractivity contribution in [1.29, 1.82) is 0 Å². The second-order valence-corrected chi connectivity index (χ2v) is 7.53. The highest BCUT2D eigenvalue weighted by atomic mass is 16.5. The monoisotopic (exact) mass is 421 g/mol. The van der Waals surface area contributed by atoms with Crippen LogP contribution in [0.2, 0.25) is 0 Å². The number of methoxy groups -OCH3 is 2. The first-order valence-corrected chi connectivity index (χ1v) is 10.4. The number of anilines is 1. The van der Waals surface area contributed by atoms with Gasteiger partial charge in [-0.05, 0) is 18.2 Å². The summed E-state index contributed by atoms with van der Waals surface area (Å²) in [4.78, 5) is 30.4. The number of rotatable bonds is 6. The molecule has 2 aromatic carbocycles. The minimum atomic E-state index is -0.106. The van der Waals surface area contributed by atoms with E-state index in [1.165, 1.54) is 0 Å². The Kier molecular flexibility index (Phi) is 6.23. The maximum absolute atomic E-state index is 13.5. The smallest absolute Gasteiger partial charge is 0.258 e. The van der Waals surface area contributed by atoms with Crippen LogP contribution in [-0.2, 0) is 11.3 Å². The number of ether oxygens (including phenoxy) is 2. The third-order valence-electron chi connectivity index (χ3n) is 5.75. The van der Waals surface area contributed by atoms with Crippen LogP contribution < -0.4 is 15.2 Å². The molecule has 0 unspecified atom stereocenters. The van der Waals surface area contributed by atoms with Crippen LogP contribution in [0.15, 0.2) is 59.5 Å². The zero-order valence-corrected chi connectivity index (χ0v) is 17.9. The van der Waals surface area contributed by atoms with Gasteiger partial charge in [-0.3, -0.25) is 9.59 Å². The highest BCUT2D eigenvalue weighted by molar-refractivity contribution is 6.06. The normalized spacial score (nSPS) is 14.1. The molecule has 0 spiro atoms. The number of hydrogen-bond donors (Lipinski definition) is 0. The number of piperazine rings is 1. The molecule has 1 aliphatic heterocycles. The molecule has 7 heteroatoms. The van der Waals surface area contributed by atoms with Crippen LogP contribution >= 0.6 is 0 Å². The van der Waals surface area contributed by atoms with Gasteiger partial charge in [0.15, 0.2) is 0 Å². The molecule has 1 aromatic heterocycles. The first kappa shape index (κ1) is 20.9. The number of carbonyl (C=O) groups excluding carboxylic acids is 1. The fourth-order valence-electron chi connectivity index (χ4n) is 4.08. The molecule has 1 aliphatic rings. The molecular formula is C24H27N3O4. The van der Waals surface area contributed by atoms with Crippen molar-refractivity contribution in [3.63, 3.8) is 0 Å². The number of carbonyl (C=O) groups is 1. The summed E-state index contributed by atoms with van der Waals surface area (Å²) >= 11 is 0. The molecule has 7 nitrogen and oxygen atoms in total. The highest BCUT2D eigenvalue weighted by Crippen LogP contribution is 2.28. The molecule has 1 amide bonds. The molecular weight excluding hydrogens is 394 g/mol. The Bertz CT molecular complexity index is 1130. The Labute approximate surface area is 181 Å². The van der Waals surface area contributed by atoms with Gasteiger partial charge in [0.25, 0.3) is 11.5 Å². The summed E-state index contributed by atoms with van der Waals surface area (Å²) in [6, 6.07) is 15.2. The van der Waals surface area contributed by atoms with Crippen LogP contribution in [0.3, 0.4) is 0 Å². The van der Waals surface area contributed by atoms with Crippen molar-refractivity contribution in [2.45, 2.75) is 6.54 Å². The van der Waals surface area contributed by atoms with Gasteiger partial charge < -0.3 is 23.8 Å². The lowest BCUT2D eigenvalue weighted by molar-refractivity contribution is 0.0747. The molecule has 4 rings (SSSR count). The van der Waals surface area contributed by atoms with Gasteiger partial charge >= 0.3 is 0 Å². The van der Waals surface area contributed by atoms with Gasteiger partial charge in [-0.25, -0.2) is 0 Å². The molecule has 0 bridgehead atoms. The third-order valence-corrected chi connectivity index (χ3v) is 5.75. The average Bonchev–Trinajstić information content (AvgIpc) is 2.83. The first-order chi connectivity index (χ1) is 15.1. The molecule has 0 atom stereocenters. The Morgan fingerprint density at radius 1 is 0.935 bits per heavy atom. The summed E-state index contributed by atoms with van der Waals surface area (Å²) in [5, 5.41) is 1.25. The maximum atomic E-state index is 13.5. The van der Waals surface area contributed by atoms with E-state index in [4.69, 9.17) is 9.47 Å². The van der Waals surface area contributed by atoms with Crippen LogP contribution in [0, 0.1) is 0 Å². The van der Waals surface area contributed by atoms with E-state index in [0.717, 1.165) is 11.4 Å². The summed E-state index contributed by atoms with van der Waals surface area (Å²) in [6.45, 7) is 3.44. The maximum Gasteiger partial charge on any atom is 0.258 e. The third kappa shape index (κ3) is 4.14. The van der Waals surface area contributed by atoms with Gasteiger partial charge in [-0.1, -0.05) is 30.3 Å². The van der Waals surface area contributed by atoms with Crippen molar-refractivity contribution in [3.8, 4) is 5.75 Å². The van der Waals surface area contributed by atoms with E-state index in [2.05, 4.69) is 4.90 Å². The zero-order valence-electron chi connectivity index (χ0n) is 17.9. The molecule has 1 saturated heterocycles. The van der Waals surface area contributed by atoms with Crippen molar-refractivity contribution in [2.75, 3.05) is 51.9 Å². The van der Waals surface area contributed by atoms with Crippen molar-refractivity contribution in [2.24, 2.45) is 0 Å².